The molecule has 0 bridgehead atoms. The van der Waals surface area contributed by atoms with Crippen molar-refractivity contribution in [1.82, 2.24) is 0 Å². The average Bonchev–Trinajstić information content (AvgIpc) is 2.10. The normalized spacial score (nSPS) is 10.8. The molecular formula is C10H19MgN2NaO8. The summed E-state index contributed by atoms with van der Waals surface area (Å²) in [4.78, 5) is 43.2. The Morgan fingerprint density at radius 1 is 0.636 bits per heavy atom. The van der Waals surface area contributed by atoms with E-state index in [9.17, 15) is 19.2 Å². The molecule has 0 unspecified atom stereocenters. The molecule has 0 heterocycles. The second kappa shape index (κ2) is 10.4. The molecular weight excluding hydrogens is 323 g/mol. The minimum absolute atomic E-state index is 0. The van der Waals surface area contributed by atoms with Crippen LogP contribution in [-0.4, -0.2) is 108 Å². The zero-order chi connectivity index (χ0) is 16.1. The van der Waals surface area contributed by atoms with Gasteiger partial charge in [0.25, 0.3) is 0 Å². The third-order valence-corrected chi connectivity index (χ3v) is 2.86. The first-order chi connectivity index (χ1) is 8.92. The van der Waals surface area contributed by atoms with Crippen molar-refractivity contribution in [3.63, 3.8) is 0 Å². The van der Waals surface area contributed by atoms with Crippen molar-refractivity contribution >= 4 is 76.5 Å². The van der Waals surface area contributed by atoms with E-state index in [4.69, 9.17) is 31.9 Å². The summed E-state index contributed by atoms with van der Waals surface area (Å²) in [5.74, 6) is -6.06. The first-order valence-corrected chi connectivity index (χ1v) is 5.37. The molecule has 12 heteroatoms. The summed E-state index contributed by atoms with van der Waals surface area (Å²) < 4.78 is 0. The molecule has 120 valence electrons. The van der Waals surface area contributed by atoms with Crippen molar-refractivity contribution in [1.29, 1.82) is 0 Å². The van der Waals surface area contributed by atoms with Crippen LogP contribution < -0.4 is 11.5 Å². The minimum atomic E-state index is -2.22. The van der Waals surface area contributed by atoms with Crippen molar-refractivity contribution in [3.8, 4) is 0 Å². The summed E-state index contributed by atoms with van der Waals surface area (Å²) in [7, 11) is 0. The first kappa shape index (κ1) is 26.5. The van der Waals surface area contributed by atoms with E-state index < -0.39 is 60.6 Å². The molecule has 0 atom stereocenters. The van der Waals surface area contributed by atoms with Gasteiger partial charge >= 0.3 is 76.5 Å². The maximum atomic E-state index is 10.8. The predicted octanol–water partition coefficient (Wildman–Crippen LogP) is -3.28. The second-order valence-electron chi connectivity index (χ2n) is 4.59. The van der Waals surface area contributed by atoms with E-state index in [1.54, 1.807) is 0 Å². The number of rotatable bonds is 9. The van der Waals surface area contributed by atoms with Crippen LogP contribution in [0.15, 0.2) is 0 Å². The number of hydrogen-bond donors (Lipinski definition) is 6. The van der Waals surface area contributed by atoms with Gasteiger partial charge in [-0.3, -0.25) is 19.2 Å². The van der Waals surface area contributed by atoms with E-state index in [0.717, 1.165) is 0 Å². The zero-order valence-corrected chi connectivity index (χ0v) is 10.4. The molecule has 0 radical (unpaired) electrons. The second-order valence-corrected chi connectivity index (χ2v) is 4.59. The van der Waals surface area contributed by atoms with Gasteiger partial charge in [-0.1, -0.05) is 0 Å². The molecule has 8 N–H and O–H groups in total. The quantitative estimate of drug-likeness (QED) is 0.230. The molecule has 10 nitrogen and oxygen atoms in total. The van der Waals surface area contributed by atoms with Crippen LogP contribution in [0.2, 0.25) is 0 Å². The first-order valence-electron chi connectivity index (χ1n) is 5.37. The van der Waals surface area contributed by atoms with E-state index in [1.165, 1.54) is 0 Å². The Morgan fingerprint density at radius 2 is 0.773 bits per heavy atom. The standard InChI is InChI=1S/C10H16N2O8.Mg.Na.3H/c11-9(1-5(13)14,2-6(15)16)10(12,3-7(17)18)4-8(19)20;;;;;/h1-4,11-12H2,(H,13,14)(H,15,16)(H,17,18)(H,19,20);;;;;. The summed E-state index contributed by atoms with van der Waals surface area (Å²) in [5, 5.41) is 35.1. The van der Waals surface area contributed by atoms with Crippen molar-refractivity contribution in [2.45, 2.75) is 36.8 Å². The van der Waals surface area contributed by atoms with Gasteiger partial charge in [0, 0.05) is 0 Å². The number of aliphatic carboxylic acids is 4. The van der Waals surface area contributed by atoms with E-state index in [0.29, 0.717) is 0 Å². The number of hydrogen-bond acceptors (Lipinski definition) is 6. The molecule has 0 aromatic heterocycles. The molecule has 0 aliphatic heterocycles. The fourth-order valence-corrected chi connectivity index (χ4v) is 1.91. The van der Waals surface area contributed by atoms with E-state index >= 15 is 0 Å². The predicted molar refractivity (Wildman–Crippen MR) is 78.5 cm³/mol. The van der Waals surface area contributed by atoms with Crippen molar-refractivity contribution < 1.29 is 39.6 Å². The molecule has 0 aliphatic carbocycles. The van der Waals surface area contributed by atoms with Crippen LogP contribution in [0.5, 0.6) is 0 Å². The van der Waals surface area contributed by atoms with Crippen LogP contribution >= 0.6 is 0 Å². The van der Waals surface area contributed by atoms with Gasteiger partial charge in [0.2, 0.25) is 0 Å². The molecule has 0 amide bonds. The van der Waals surface area contributed by atoms with Gasteiger partial charge in [-0.05, 0) is 0 Å². The van der Waals surface area contributed by atoms with Crippen molar-refractivity contribution in [2.75, 3.05) is 0 Å². The van der Waals surface area contributed by atoms with E-state index in [1.807, 2.05) is 0 Å². The number of carboxylic acid groups (broad SMARTS) is 4. The molecule has 0 fully saturated rings. The van der Waals surface area contributed by atoms with Gasteiger partial charge in [0.05, 0.1) is 36.8 Å². The summed E-state index contributed by atoms with van der Waals surface area (Å²) >= 11 is 0. The topological polar surface area (TPSA) is 201 Å². The zero-order valence-electron chi connectivity index (χ0n) is 10.4. The van der Waals surface area contributed by atoms with Crippen LogP contribution in [0, 0.1) is 0 Å². The Morgan fingerprint density at radius 3 is 0.864 bits per heavy atom. The fourth-order valence-electron chi connectivity index (χ4n) is 1.91. The van der Waals surface area contributed by atoms with Gasteiger partial charge in [0.1, 0.15) is 0 Å². The number of nitrogens with two attached hydrogens (primary N) is 2. The van der Waals surface area contributed by atoms with Crippen LogP contribution in [-0.2, 0) is 19.2 Å². The van der Waals surface area contributed by atoms with Gasteiger partial charge < -0.3 is 31.9 Å². The molecule has 0 saturated carbocycles. The Balaban J connectivity index is -0.00000180. The monoisotopic (exact) mass is 342 g/mol. The van der Waals surface area contributed by atoms with Gasteiger partial charge in [-0.25, -0.2) is 0 Å². The Kier molecular flexibility index (Phi) is 12.5. The van der Waals surface area contributed by atoms with Crippen LogP contribution in [0.3, 0.4) is 0 Å². The van der Waals surface area contributed by atoms with Crippen LogP contribution in [0.25, 0.3) is 0 Å². The molecule has 22 heavy (non-hydrogen) atoms. The van der Waals surface area contributed by atoms with Gasteiger partial charge in [-0.2, -0.15) is 0 Å². The summed E-state index contributed by atoms with van der Waals surface area (Å²) in [6, 6.07) is 0. The number of carboxylic acids is 4. The van der Waals surface area contributed by atoms with E-state index in [2.05, 4.69) is 0 Å². The van der Waals surface area contributed by atoms with Crippen molar-refractivity contribution in [3.05, 3.63) is 0 Å². The maximum absolute atomic E-state index is 10.8. The molecule has 0 rings (SSSR count). The fraction of sp³-hybridized carbons (Fsp3) is 0.600. The third kappa shape index (κ3) is 8.27. The molecule has 0 spiro atoms. The van der Waals surface area contributed by atoms with E-state index in [-0.39, 0.29) is 52.6 Å². The summed E-state index contributed by atoms with van der Waals surface area (Å²) in [5.41, 5.74) is 6.88. The molecule has 0 saturated heterocycles. The van der Waals surface area contributed by atoms with Gasteiger partial charge in [0.15, 0.2) is 0 Å². The third-order valence-electron chi connectivity index (χ3n) is 2.86. The summed E-state index contributed by atoms with van der Waals surface area (Å²) in [6.45, 7) is 0. The SMILES string of the molecule is NC(CC(=O)O)(CC(=O)O)C(N)(CC(=O)O)CC(=O)O.[MgH2].[NaH]. The van der Waals surface area contributed by atoms with Gasteiger partial charge in [-0.15, -0.1) is 0 Å². The van der Waals surface area contributed by atoms with Crippen LogP contribution in [0.4, 0.5) is 0 Å². The Hall–Kier alpha value is -0.434. The molecule has 0 aromatic rings. The summed E-state index contributed by atoms with van der Waals surface area (Å²) in [6.07, 6.45) is -3.90. The Labute approximate surface area is 163 Å². The Bertz CT molecular complexity index is 373. The number of carbonyl (C=O) groups is 4. The van der Waals surface area contributed by atoms with Crippen molar-refractivity contribution in [2.24, 2.45) is 11.5 Å². The molecule has 0 aromatic carbocycles. The van der Waals surface area contributed by atoms with Crippen LogP contribution in [0.1, 0.15) is 25.7 Å². The average molecular weight is 343 g/mol. The molecule has 0 aliphatic rings.